The lowest BCUT2D eigenvalue weighted by atomic mass is 10.1. The van der Waals surface area contributed by atoms with Crippen LogP contribution in [0, 0.1) is 20.8 Å². The summed E-state index contributed by atoms with van der Waals surface area (Å²) in [6.45, 7) is 6.10. The first-order valence-electron chi connectivity index (χ1n) is 8.24. The number of nitrogens with one attached hydrogen (secondary N) is 1. The monoisotopic (exact) mass is 331 g/mol. The van der Waals surface area contributed by atoms with Crippen LogP contribution in [0.2, 0.25) is 0 Å². The highest BCUT2D eigenvalue weighted by atomic mass is 16.5. The minimum absolute atomic E-state index is 0.134. The summed E-state index contributed by atoms with van der Waals surface area (Å²) >= 11 is 0. The quantitative estimate of drug-likeness (QED) is 0.670. The van der Waals surface area contributed by atoms with Crippen molar-refractivity contribution in [3.05, 3.63) is 89.0 Å². The van der Waals surface area contributed by atoms with Gasteiger partial charge in [-0.25, -0.2) is 0 Å². The molecular formula is C22H21NO2. The molecule has 0 heterocycles. The van der Waals surface area contributed by atoms with Gasteiger partial charge in [0, 0.05) is 11.3 Å². The Morgan fingerprint density at radius 1 is 0.800 bits per heavy atom. The summed E-state index contributed by atoms with van der Waals surface area (Å²) < 4.78 is 5.81. The molecular weight excluding hydrogens is 310 g/mol. The van der Waals surface area contributed by atoms with Crippen LogP contribution < -0.4 is 10.1 Å². The number of carbonyl (C=O) groups is 1. The second kappa shape index (κ2) is 7.22. The first-order valence-corrected chi connectivity index (χ1v) is 8.24. The summed E-state index contributed by atoms with van der Waals surface area (Å²) in [5.74, 6) is 1.35. The summed E-state index contributed by atoms with van der Waals surface area (Å²) in [5.41, 5.74) is 4.89. The van der Waals surface area contributed by atoms with Gasteiger partial charge in [0.1, 0.15) is 11.5 Å². The van der Waals surface area contributed by atoms with Crippen molar-refractivity contribution in [3.8, 4) is 11.5 Å². The van der Waals surface area contributed by atoms with Crippen molar-refractivity contribution in [2.75, 3.05) is 5.32 Å². The highest BCUT2D eigenvalue weighted by molar-refractivity contribution is 6.04. The highest BCUT2D eigenvalue weighted by Crippen LogP contribution is 2.23. The van der Waals surface area contributed by atoms with Crippen LogP contribution in [0.5, 0.6) is 11.5 Å². The molecule has 0 radical (unpaired) electrons. The summed E-state index contributed by atoms with van der Waals surface area (Å²) in [4.78, 5) is 12.4. The van der Waals surface area contributed by atoms with E-state index < -0.39 is 0 Å². The summed E-state index contributed by atoms with van der Waals surface area (Å²) in [7, 11) is 0. The van der Waals surface area contributed by atoms with Gasteiger partial charge in [0.2, 0.25) is 0 Å². The Morgan fingerprint density at radius 2 is 1.56 bits per heavy atom. The van der Waals surface area contributed by atoms with Crippen molar-refractivity contribution in [3.63, 3.8) is 0 Å². The van der Waals surface area contributed by atoms with Gasteiger partial charge in [-0.1, -0.05) is 18.2 Å². The molecule has 0 aliphatic rings. The molecule has 3 rings (SSSR count). The molecule has 0 aromatic heterocycles. The van der Waals surface area contributed by atoms with Crippen molar-refractivity contribution in [1.29, 1.82) is 0 Å². The average molecular weight is 331 g/mol. The lowest BCUT2D eigenvalue weighted by Crippen LogP contribution is -2.11. The maximum atomic E-state index is 12.4. The summed E-state index contributed by atoms with van der Waals surface area (Å²) in [6.07, 6.45) is 0. The van der Waals surface area contributed by atoms with E-state index in [1.807, 2.05) is 63.2 Å². The van der Waals surface area contributed by atoms with Gasteiger partial charge in [0.25, 0.3) is 5.91 Å². The molecule has 3 aromatic rings. The predicted molar refractivity (Wildman–Crippen MR) is 102 cm³/mol. The molecule has 3 aromatic carbocycles. The molecule has 0 aliphatic carbocycles. The van der Waals surface area contributed by atoms with Gasteiger partial charge in [-0.3, -0.25) is 4.79 Å². The molecule has 0 bridgehead atoms. The van der Waals surface area contributed by atoms with E-state index in [1.165, 1.54) is 5.56 Å². The molecule has 126 valence electrons. The molecule has 0 unspecified atom stereocenters. The largest absolute Gasteiger partial charge is 0.457 e. The third-order valence-corrected chi connectivity index (χ3v) is 4.11. The zero-order valence-electron chi connectivity index (χ0n) is 14.7. The predicted octanol–water partition coefficient (Wildman–Crippen LogP) is 5.66. The molecule has 0 atom stereocenters. The molecule has 1 amide bonds. The summed E-state index contributed by atoms with van der Waals surface area (Å²) in [5, 5.41) is 2.92. The molecule has 0 saturated carbocycles. The van der Waals surface area contributed by atoms with E-state index in [9.17, 15) is 4.79 Å². The highest BCUT2D eigenvalue weighted by Gasteiger charge is 2.07. The van der Waals surface area contributed by atoms with Crippen LogP contribution in [0.1, 0.15) is 27.0 Å². The lowest BCUT2D eigenvalue weighted by Gasteiger charge is -2.09. The van der Waals surface area contributed by atoms with E-state index >= 15 is 0 Å². The van der Waals surface area contributed by atoms with Crippen LogP contribution in [0.4, 0.5) is 5.69 Å². The zero-order chi connectivity index (χ0) is 17.8. The summed E-state index contributed by atoms with van der Waals surface area (Å²) in [6, 6.07) is 20.9. The van der Waals surface area contributed by atoms with Gasteiger partial charge < -0.3 is 10.1 Å². The minimum Gasteiger partial charge on any atom is -0.457 e. The Morgan fingerprint density at radius 3 is 2.24 bits per heavy atom. The topological polar surface area (TPSA) is 38.3 Å². The van der Waals surface area contributed by atoms with Gasteiger partial charge in [-0.15, -0.1) is 0 Å². The number of amides is 1. The lowest BCUT2D eigenvalue weighted by molar-refractivity contribution is 0.102. The molecule has 0 aliphatic heterocycles. The molecule has 3 heteroatoms. The normalized spacial score (nSPS) is 10.4. The van der Waals surface area contributed by atoms with Crippen LogP contribution in [0.15, 0.2) is 66.7 Å². The number of hydrogen-bond donors (Lipinski definition) is 1. The van der Waals surface area contributed by atoms with E-state index in [1.54, 1.807) is 24.3 Å². The fourth-order valence-electron chi connectivity index (χ4n) is 2.51. The van der Waals surface area contributed by atoms with E-state index in [-0.39, 0.29) is 5.91 Å². The van der Waals surface area contributed by atoms with Crippen molar-refractivity contribution in [2.24, 2.45) is 0 Å². The number of benzene rings is 3. The van der Waals surface area contributed by atoms with E-state index in [0.29, 0.717) is 11.3 Å². The maximum Gasteiger partial charge on any atom is 0.255 e. The fraction of sp³-hybridized carbons (Fsp3) is 0.136. The van der Waals surface area contributed by atoms with E-state index in [0.717, 1.165) is 22.6 Å². The van der Waals surface area contributed by atoms with Crippen molar-refractivity contribution in [1.82, 2.24) is 0 Å². The smallest absolute Gasteiger partial charge is 0.255 e. The molecule has 0 fully saturated rings. The van der Waals surface area contributed by atoms with Gasteiger partial charge >= 0.3 is 0 Å². The first kappa shape index (κ1) is 16.8. The fourth-order valence-corrected chi connectivity index (χ4v) is 2.51. The minimum atomic E-state index is -0.134. The van der Waals surface area contributed by atoms with Crippen molar-refractivity contribution >= 4 is 11.6 Å². The Bertz CT molecular complexity index is 898. The van der Waals surface area contributed by atoms with Gasteiger partial charge in [-0.05, 0) is 86.0 Å². The third kappa shape index (κ3) is 4.27. The molecule has 25 heavy (non-hydrogen) atoms. The third-order valence-electron chi connectivity index (χ3n) is 4.11. The van der Waals surface area contributed by atoms with Crippen molar-refractivity contribution in [2.45, 2.75) is 20.8 Å². The van der Waals surface area contributed by atoms with Crippen molar-refractivity contribution < 1.29 is 9.53 Å². The molecule has 3 nitrogen and oxygen atoms in total. The zero-order valence-corrected chi connectivity index (χ0v) is 14.7. The Hall–Kier alpha value is -3.07. The van der Waals surface area contributed by atoms with E-state index in [4.69, 9.17) is 4.74 Å². The van der Waals surface area contributed by atoms with Crippen LogP contribution in [0.3, 0.4) is 0 Å². The van der Waals surface area contributed by atoms with Gasteiger partial charge in [0.05, 0.1) is 0 Å². The number of anilines is 1. The van der Waals surface area contributed by atoms with Crippen LogP contribution in [0.25, 0.3) is 0 Å². The van der Waals surface area contributed by atoms with Crippen LogP contribution >= 0.6 is 0 Å². The Balaban J connectivity index is 1.68. The second-order valence-corrected chi connectivity index (χ2v) is 6.20. The SMILES string of the molecule is Cc1cccc(Oc2ccc(C(=O)Nc3ccc(C)c(C)c3)cc2)c1. The number of carbonyl (C=O) groups excluding carboxylic acids is 1. The van der Waals surface area contributed by atoms with Gasteiger partial charge in [-0.2, -0.15) is 0 Å². The molecule has 0 spiro atoms. The number of hydrogen-bond acceptors (Lipinski definition) is 2. The molecule has 1 N–H and O–H groups in total. The number of aryl methyl sites for hydroxylation is 3. The second-order valence-electron chi connectivity index (χ2n) is 6.20. The van der Waals surface area contributed by atoms with Crippen LogP contribution in [-0.4, -0.2) is 5.91 Å². The first-order chi connectivity index (χ1) is 12.0. The van der Waals surface area contributed by atoms with E-state index in [2.05, 4.69) is 5.32 Å². The Labute approximate surface area is 148 Å². The number of ether oxygens (including phenoxy) is 1. The van der Waals surface area contributed by atoms with Gasteiger partial charge in [0.15, 0.2) is 0 Å². The maximum absolute atomic E-state index is 12.4. The molecule has 0 saturated heterocycles. The number of rotatable bonds is 4. The Kier molecular flexibility index (Phi) is 4.85. The van der Waals surface area contributed by atoms with Crippen LogP contribution in [-0.2, 0) is 0 Å². The standard InChI is InChI=1S/C22H21NO2/c1-15-5-4-6-21(13-15)25-20-11-8-18(9-12-20)22(24)23-19-10-7-16(2)17(3)14-19/h4-14H,1-3H3,(H,23,24). The average Bonchev–Trinajstić information content (AvgIpc) is 2.59.